The molecule has 0 amide bonds. The average molecular weight is 316 g/mol. The van der Waals surface area contributed by atoms with Crippen molar-refractivity contribution < 1.29 is 13.5 Å². The fourth-order valence-corrected chi connectivity index (χ4v) is 2.35. The number of anilines is 1. The molecule has 0 atom stereocenters. The molecular weight excluding hydrogens is 308 g/mol. The third kappa shape index (κ3) is 3.35. The van der Waals surface area contributed by atoms with E-state index in [4.69, 9.17) is 21.6 Å². The molecule has 20 heavy (non-hydrogen) atoms. The molecule has 104 valence electrons. The van der Waals surface area contributed by atoms with Gasteiger partial charge in [0.2, 0.25) is 0 Å². The summed E-state index contributed by atoms with van der Waals surface area (Å²) in [5.74, 6) is -1.65. The van der Waals surface area contributed by atoms with Crippen molar-refractivity contribution in [2.75, 3.05) is 18.5 Å². The third-order valence-electron chi connectivity index (χ3n) is 2.31. The Bertz CT molecular complexity index is 657. The van der Waals surface area contributed by atoms with Crippen molar-refractivity contribution >= 4 is 28.1 Å². The highest BCUT2D eigenvalue weighted by atomic mass is 35.5. The van der Waals surface area contributed by atoms with Crippen LogP contribution in [0.3, 0.4) is 0 Å². The molecule has 0 aliphatic carbocycles. The number of aromatic nitrogens is 1. The zero-order chi connectivity index (χ0) is 14.5. The van der Waals surface area contributed by atoms with Gasteiger partial charge in [0.1, 0.15) is 29.0 Å². The first-order chi connectivity index (χ1) is 9.61. The van der Waals surface area contributed by atoms with Gasteiger partial charge in [0.25, 0.3) is 0 Å². The van der Waals surface area contributed by atoms with Crippen molar-refractivity contribution in [1.29, 1.82) is 5.26 Å². The Labute approximate surface area is 122 Å². The molecule has 0 saturated carbocycles. The number of hydrogen-bond donors (Lipinski definition) is 1. The Hall–Kier alpha value is -1.91. The minimum absolute atomic E-state index is 0.154. The lowest BCUT2D eigenvalue weighted by atomic mass is 10.3. The summed E-state index contributed by atoms with van der Waals surface area (Å²) in [6.07, 6.45) is 0. The quantitative estimate of drug-likeness (QED) is 0.859. The van der Waals surface area contributed by atoms with E-state index >= 15 is 0 Å². The maximum atomic E-state index is 12.9. The van der Waals surface area contributed by atoms with E-state index in [9.17, 15) is 8.78 Å². The minimum atomic E-state index is -0.962. The predicted octanol–water partition coefficient (Wildman–Crippen LogP) is 3.44. The standard InChI is InChI=1S/C12H8ClF2N3OS/c13-11-8(6-16)12(20-18-11)17-3-4-19-7-1-2-9(14)10(15)5-7/h1-2,5,17H,3-4H2. The number of rotatable bonds is 5. The van der Waals surface area contributed by atoms with Crippen LogP contribution in [0.15, 0.2) is 18.2 Å². The van der Waals surface area contributed by atoms with Gasteiger partial charge in [-0.25, -0.2) is 8.78 Å². The molecule has 0 radical (unpaired) electrons. The number of halogens is 3. The molecule has 0 spiro atoms. The summed E-state index contributed by atoms with van der Waals surface area (Å²) < 4.78 is 34.7. The highest BCUT2D eigenvalue weighted by molar-refractivity contribution is 7.10. The van der Waals surface area contributed by atoms with Crippen LogP contribution >= 0.6 is 23.1 Å². The Morgan fingerprint density at radius 2 is 2.20 bits per heavy atom. The van der Waals surface area contributed by atoms with Gasteiger partial charge < -0.3 is 10.1 Å². The van der Waals surface area contributed by atoms with Gasteiger partial charge in [-0.2, -0.15) is 9.64 Å². The number of nitriles is 1. The van der Waals surface area contributed by atoms with E-state index in [-0.39, 0.29) is 23.1 Å². The van der Waals surface area contributed by atoms with E-state index in [1.807, 2.05) is 6.07 Å². The van der Waals surface area contributed by atoms with Crippen LogP contribution in [0.25, 0.3) is 0 Å². The molecule has 4 nitrogen and oxygen atoms in total. The molecule has 0 unspecified atom stereocenters. The number of nitrogens with one attached hydrogen (secondary N) is 1. The van der Waals surface area contributed by atoms with Crippen LogP contribution < -0.4 is 10.1 Å². The second kappa shape index (κ2) is 6.50. The molecule has 1 aromatic carbocycles. The van der Waals surface area contributed by atoms with Gasteiger partial charge in [0, 0.05) is 12.6 Å². The molecule has 1 heterocycles. The Morgan fingerprint density at radius 3 is 2.90 bits per heavy atom. The predicted molar refractivity (Wildman–Crippen MR) is 72.2 cm³/mol. The second-order valence-corrected chi connectivity index (χ2v) is 4.77. The maximum Gasteiger partial charge on any atom is 0.162 e. The topological polar surface area (TPSA) is 57.9 Å². The first kappa shape index (κ1) is 14.5. The minimum Gasteiger partial charge on any atom is -0.492 e. The van der Waals surface area contributed by atoms with E-state index < -0.39 is 11.6 Å². The lowest BCUT2D eigenvalue weighted by Gasteiger charge is -2.07. The first-order valence-electron chi connectivity index (χ1n) is 5.49. The number of benzene rings is 1. The maximum absolute atomic E-state index is 12.9. The highest BCUT2D eigenvalue weighted by Crippen LogP contribution is 2.27. The van der Waals surface area contributed by atoms with E-state index in [1.165, 1.54) is 6.07 Å². The van der Waals surface area contributed by atoms with Gasteiger partial charge in [0.05, 0.1) is 0 Å². The zero-order valence-electron chi connectivity index (χ0n) is 9.99. The summed E-state index contributed by atoms with van der Waals surface area (Å²) in [4.78, 5) is 0. The lowest BCUT2D eigenvalue weighted by Crippen LogP contribution is -2.11. The van der Waals surface area contributed by atoms with E-state index in [1.54, 1.807) is 0 Å². The fraction of sp³-hybridized carbons (Fsp3) is 0.167. The van der Waals surface area contributed by atoms with Gasteiger partial charge in [-0.3, -0.25) is 0 Å². The summed E-state index contributed by atoms with van der Waals surface area (Å²) >= 11 is 6.79. The molecule has 0 aliphatic heterocycles. The van der Waals surface area contributed by atoms with Crippen LogP contribution in [0.5, 0.6) is 5.75 Å². The van der Waals surface area contributed by atoms with Crippen molar-refractivity contribution in [2.45, 2.75) is 0 Å². The molecule has 1 aromatic heterocycles. The Balaban J connectivity index is 1.84. The summed E-state index contributed by atoms with van der Waals surface area (Å²) in [7, 11) is 0. The zero-order valence-corrected chi connectivity index (χ0v) is 11.6. The average Bonchev–Trinajstić information content (AvgIpc) is 2.79. The largest absolute Gasteiger partial charge is 0.492 e. The highest BCUT2D eigenvalue weighted by Gasteiger charge is 2.10. The number of nitrogens with zero attached hydrogens (tertiary/aromatic N) is 2. The lowest BCUT2D eigenvalue weighted by molar-refractivity contribution is 0.329. The molecule has 0 fully saturated rings. The van der Waals surface area contributed by atoms with Crippen LogP contribution in [-0.4, -0.2) is 17.5 Å². The van der Waals surface area contributed by atoms with E-state index in [0.717, 1.165) is 23.7 Å². The van der Waals surface area contributed by atoms with Crippen LogP contribution in [0, 0.1) is 23.0 Å². The molecule has 0 aliphatic rings. The fourth-order valence-electron chi connectivity index (χ4n) is 1.39. The van der Waals surface area contributed by atoms with Crippen LogP contribution in [0.2, 0.25) is 5.15 Å². The number of ether oxygens (including phenoxy) is 1. The van der Waals surface area contributed by atoms with E-state index in [0.29, 0.717) is 11.5 Å². The van der Waals surface area contributed by atoms with Crippen LogP contribution in [0.4, 0.5) is 13.8 Å². The van der Waals surface area contributed by atoms with Gasteiger partial charge in [-0.1, -0.05) is 11.6 Å². The van der Waals surface area contributed by atoms with E-state index in [2.05, 4.69) is 9.69 Å². The first-order valence-corrected chi connectivity index (χ1v) is 6.64. The van der Waals surface area contributed by atoms with Gasteiger partial charge in [-0.15, -0.1) is 0 Å². The summed E-state index contributed by atoms with van der Waals surface area (Å²) in [6.45, 7) is 0.581. The monoisotopic (exact) mass is 315 g/mol. The SMILES string of the molecule is N#Cc1c(Cl)nsc1NCCOc1ccc(F)c(F)c1. The third-order valence-corrected chi connectivity index (χ3v) is 3.49. The second-order valence-electron chi connectivity index (χ2n) is 3.64. The summed E-state index contributed by atoms with van der Waals surface area (Å²) in [5.41, 5.74) is 0.282. The van der Waals surface area contributed by atoms with Crippen LogP contribution in [-0.2, 0) is 0 Å². The van der Waals surface area contributed by atoms with Gasteiger partial charge in [-0.05, 0) is 23.7 Å². The summed E-state index contributed by atoms with van der Waals surface area (Å²) in [5, 5.41) is 12.5. The normalized spacial score (nSPS) is 10.1. The number of hydrogen-bond acceptors (Lipinski definition) is 5. The smallest absolute Gasteiger partial charge is 0.162 e. The molecule has 2 rings (SSSR count). The Morgan fingerprint density at radius 1 is 1.40 bits per heavy atom. The molecular formula is C12H8ClF2N3OS. The van der Waals surface area contributed by atoms with Crippen molar-refractivity contribution in [2.24, 2.45) is 0 Å². The van der Waals surface area contributed by atoms with Gasteiger partial charge >= 0.3 is 0 Å². The van der Waals surface area contributed by atoms with Crippen molar-refractivity contribution in [1.82, 2.24) is 4.37 Å². The van der Waals surface area contributed by atoms with Crippen molar-refractivity contribution in [3.63, 3.8) is 0 Å². The molecule has 0 saturated heterocycles. The Kier molecular flexibility index (Phi) is 4.71. The molecule has 0 bridgehead atoms. The van der Waals surface area contributed by atoms with Crippen molar-refractivity contribution in [3.05, 3.63) is 40.6 Å². The molecule has 2 aromatic rings. The molecule has 1 N–H and O–H groups in total. The molecule has 8 heteroatoms. The van der Waals surface area contributed by atoms with Crippen molar-refractivity contribution in [3.8, 4) is 11.8 Å². The summed E-state index contributed by atoms with van der Waals surface area (Å²) in [6, 6.07) is 5.24. The van der Waals surface area contributed by atoms with Gasteiger partial charge in [0.15, 0.2) is 16.8 Å². The van der Waals surface area contributed by atoms with Crippen LogP contribution in [0.1, 0.15) is 5.56 Å².